The summed E-state index contributed by atoms with van der Waals surface area (Å²) in [6.45, 7) is 0.383. The van der Waals surface area contributed by atoms with Crippen LogP contribution in [0.2, 0.25) is 0 Å². The van der Waals surface area contributed by atoms with Crippen LogP contribution in [0.3, 0.4) is 0 Å². The van der Waals surface area contributed by atoms with Gasteiger partial charge in [0.25, 0.3) is 0 Å². The van der Waals surface area contributed by atoms with Gasteiger partial charge in [0.05, 0.1) is 7.05 Å². The van der Waals surface area contributed by atoms with E-state index in [1.54, 1.807) is 13.1 Å². The predicted octanol–water partition coefficient (Wildman–Crippen LogP) is 0.0836. The molecule has 0 aliphatic heterocycles. The zero-order valence-corrected chi connectivity index (χ0v) is 15.9. The molecule has 158 valence electrons. The number of aliphatic hydroxyl groups is 3. The van der Waals surface area contributed by atoms with Crippen molar-refractivity contribution in [1.82, 2.24) is 10.5 Å². The number of nitrogens with one attached hydrogen (secondary N) is 1. The summed E-state index contributed by atoms with van der Waals surface area (Å²) in [5, 5.41) is 35.1. The average molecular weight is 412 g/mol. The number of aliphatic hydroxyl groups excluding tert-OH is 3. The van der Waals surface area contributed by atoms with Gasteiger partial charge in [-0.05, 0) is 23.8 Å². The maximum atomic E-state index is 13.1. The quantitative estimate of drug-likeness (QED) is 0.263. The Bertz CT molecular complexity index is 836. The minimum Gasteiger partial charge on any atom is -0.505 e. The lowest BCUT2D eigenvalue weighted by molar-refractivity contribution is -0.959. The predicted molar refractivity (Wildman–Crippen MR) is 98.0 cm³/mol. The van der Waals surface area contributed by atoms with Gasteiger partial charge in [-0.25, -0.2) is 9.37 Å². The van der Waals surface area contributed by atoms with Crippen LogP contribution >= 0.6 is 0 Å². The maximum Gasteiger partial charge on any atom is 0.329 e. The summed E-state index contributed by atoms with van der Waals surface area (Å²) in [5.41, 5.74) is 2.47. The largest absolute Gasteiger partial charge is 0.505 e. The number of hydrogen-bond donors (Lipinski definition) is 5. The van der Waals surface area contributed by atoms with Crippen LogP contribution in [0.1, 0.15) is 17.4 Å². The molecule has 0 radical (unpaired) electrons. The third-order valence-corrected chi connectivity index (χ3v) is 3.55. The molecule has 0 unspecified atom stereocenters. The molecular formula is C18H23FN3O7+. The van der Waals surface area contributed by atoms with E-state index in [0.29, 0.717) is 11.1 Å². The van der Waals surface area contributed by atoms with Gasteiger partial charge in [0.2, 0.25) is 0 Å². The second-order valence-corrected chi connectivity index (χ2v) is 6.17. The molecule has 11 heteroatoms. The van der Waals surface area contributed by atoms with Crippen molar-refractivity contribution < 1.29 is 43.7 Å². The summed E-state index contributed by atoms with van der Waals surface area (Å²) in [7, 11) is 1.54. The third kappa shape index (κ3) is 7.43. The highest BCUT2D eigenvalue weighted by Gasteiger charge is 2.16. The number of pyridine rings is 1. The molecule has 5 N–H and O–H groups in total. The number of quaternary nitrogens is 1. The van der Waals surface area contributed by atoms with E-state index in [4.69, 9.17) is 15.3 Å². The van der Waals surface area contributed by atoms with Gasteiger partial charge >= 0.3 is 11.9 Å². The summed E-state index contributed by atoms with van der Waals surface area (Å²) < 4.78 is 13.0. The van der Waals surface area contributed by atoms with Gasteiger partial charge < -0.3 is 25.3 Å². The Labute approximate surface area is 166 Å². The normalized spacial score (nSPS) is 10.6. The molecule has 0 spiro atoms. The fraction of sp³-hybridized carbons (Fsp3) is 0.278. The zero-order valence-electron chi connectivity index (χ0n) is 15.9. The van der Waals surface area contributed by atoms with E-state index in [1.807, 2.05) is 5.48 Å². The van der Waals surface area contributed by atoms with E-state index >= 15 is 0 Å². The van der Waals surface area contributed by atoms with Crippen molar-refractivity contribution >= 4 is 11.9 Å². The third-order valence-electron chi connectivity index (χ3n) is 3.55. The van der Waals surface area contributed by atoms with Gasteiger partial charge in [-0.2, -0.15) is 5.48 Å². The molecule has 0 bridgehead atoms. The monoisotopic (exact) mass is 412 g/mol. The molecule has 0 aliphatic rings. The second-order valence-electron chi connectivity index (χ2n) is 6.17. The molecule has 29 heavy (non-hydrogen) atoms. The SMILES string of the molecule is CC(=O)ONC(=O)c1ncc(-c2cccc(F)c2)cc1O.C[N+](CO)(CO)CO. The van der Waals surface area contributed by atoms with Crippen molar-refractivity contribution in [3.63, 3.8) is 0 Å². The summed E-state index contributed by atoms with van der Waals surface area (Å²) in [4.78, 5) is 30.3. The zero-order chi connectivity index (χ0) is 22.0. The molecule has 0 fully saturated rings. The number of aromatic hydroxyl groups is 1. The molecule has 1 aromatic heterocycles. The summed E-state index contributed by atoms with van der Waals surface area (Å²) in [6, 6.07) is 6.98. The fourth-order valence-electron chi connectivity index (χ4n) is 1.75. The number of hydrogen-bond acceptors (Lipinski definition) is 8. The minimum atomic E-state index is -0.867. The molecule has 0 saturated heterocycles. The lowest BCUT2D eigenvalue weighted by Crippen LogP contribution is -2.46. The van der Waals surface area contributed by atoms with Crippen LogP contribution in [0, 0.1) is 5.82 Å². The van der Waals surface area contributed by atoms with Crippen molar-refractivity contribution in [2.75, 3.05) is 27.2 Å². The number of benzene rings is 1. The number of carbonyl (C=O) groups is 2. The maximum absolute atomic E-state index is 13.1. The van der Waals surface area contributed by atoms with Crippen molar-refractivity contribution in [2.24, 2.45) is 0 Å². The van der Waals surface area contributed by atoms with E-state index in [2.05, 4.69) is 9.82 Å². The summed E-state index contributed by atoms with van der Waals surface area (Å²) >= 11 is 0. The van der Waals surface area contributed by atoms with E-state index < -0.39 is 23.4 Å². The van der Waals surface area contributed by atoms with Crippen molar-refractivity contribution in [3.8, 4) is 16.9 Å². The Kier molecular flexibility index (Phi) is 9.09. The van der Waals surface area contributed by atoms with Gasteiger partial charge in [-0.3, -0.25) is 14.1 Å². The number of nitrogens with zero attached hydrogens (tertiary/aromatic N) is 2. The van der Waals surface area contributed by atoms with Crippen molar-refractivity contribution in [1.29, 1.82) is 0 Å². The Morgan fingerprint density at radius 1 is 1.14 bits per heavy atom. The number of aromatic nitrogens is 1. The van der Waals surface area contributed by atoms with Crippen LogP contribution in [0.15, 0.2) is 36.5 Å². The van der Waals surface area contributed by atoms with Gasteiger partial charge in [0.15, 0.2) is 25.9 Å². The summed E-state index contributed by atoms with van der Waals surface area (Å²) in [6.07, 6.45) is 1.30. The first-order valence-corrected chi connectivity index (χ1v) is 8.24. The highest BCUT2D eigenvalue weighted by atomic mass is 19.1. The van der Waals surface area contributed by atoms with E-state index in [1.165, 1.54) is 30.5 Å². The van der Waals surface area contributed by atoms with E-state index in [0.717, 1.165) is 6.92 Å². The smallest absolute Gasteiger partial charge is 0.329 e. The topological polar surface area (TPSA) is 149 Å². The fourth-order valence-corrected chi connectivity index (χ4v) is 1.75. The van der Waals surface area contributed by atoms with E-state index in [-0.39, 0.29) is 30.4 Å². The molecule has 1 aromatic carbocycles. The Hall–Kier alpha value is -3.12. The standard InChI is InChI=1S/C14H11FN2O4.C4H12NO3/c1-8(18)21-17-14(20)13-12(19)6-10(7-16-13)9-3-2-4-11(15)5-9;1-5(2-6,3-7)4-8/h2-7,19H,1H3,(H,17,20);6-8H,2-4H2,1H3/q;+1. The first-order chi connectivity index (χ1) is 13.7. The van der Waals surface area contributed by atoms with Crippen LogP contribution in [-0.4, -0.2) is 69.0 Å². The minimum absolute atomic E-state index is 0.125. The highest BCUT2D eigenvalue weighted by molar-refractivity contribution is 5.95. The van der Waals surface area contributed by atoms with Crippen LogP contribution in [0.5, 0.6) is 5.75 Å². The molecule has 0 saturated carbocycles. The van der Waals surface area contributed by atoms with Gasteiger partial charge in [-0.15, -0.1) is 0 Å². The Morgan fingerprint density at radius 2 is 1.76 bits per heavy atom. The molecular weight excluding hydrogens is 389 g/mol. The van der Waals surface area contributed by atoms with Gasteiger partial charge in [-0.1, -0.05) is 12.1 Å². The number of rotatable bonds is 5. The lowest BCUT2D eigenvalue weighted by atomic mass is 10.1. The molecule has 10 nitrogen and oxygen atoms in total. The molecule has 2 aromatic rings. The van der Waals surface area contributed by atoms with Crippen molar-refractivity contribution in [2.45, 2.75) is 6.92 Å². The van der Waals surface area contributed by atoms with Crippen LogP contribution in [0.25, 0.3) is 11.1 Å². The lowest BCUT2D eigenvalue weighted by Gasteiger charge is -2.25. The van der Waals surface area contributed by atoms with Gasteiger partial charge in [0, 0.05) is 18.7 Å². The first-order valence-electron chi connectivity index (χ1n) is 8.24. The number of halogens is 1. The molecule has 1 heterocycles. The second kappa shape index (κ2) is 11.0. The average Bonchev–Trinajstić information content (AvgIpc) is 2.71. The molecule has 2 rings (SSSR count). The van der Waals surface area contributed by atoms with E-state index in [9.17, 15) is 19.1 Å². The number of hydroxylamine groups is 1. The van der Waals surface area contributed by atoms with Crippen LogP contribution in [0.4, 0.5) is 4.39 Å². The van der Waals surface area contributed by atoms with Gasteiger partial charge in [0.1, 0.15) is 11.6 Å². The first kappa shape index (κ1) is 23.9. The summed E-state index contributed by atoms with van der Waals surface area (Å²) in [5.74, 6) is -2.42. The molecule has 0 aliphatic carbocycles. The number of carbonyl (C=O) groups excluding carboxylic acids is 2. The molecule has 1 amide bonds. The van der Waals surface area contributed by atoms with Crippen LogP contribution in [-0.2, 0) is 9.63 Å². The Morgan fingerprint density at radius 3 is 2.21 bits per heavy atom. The van der Waals surface area contributed by atoms with Crippen molar-refractivity contribution in [3.05, 3.63) is 48.0 Å². The van der Waals surface area contributed by atoms with Crippen LogP contribution < -0.4 is 5.48 Å². The molecule has 0 atom stereocenters. The highest BCUT2D eigenvalue weighted by Crippen LogP contribution is 2.25. The Balaban J connectivity index is 0.000000447. The number of amides is 1.